The molecule has 0 saturated carbocycles. The molecule has 0 radical (unpaired) electrons. The van der Waals surface area contributed by atoms with Gasteiger partial charge in [0.25, 0.3) is 0 Å². The lowest BCUT2D eigenvalue weighted by atomic mass is 9.98. The fourth-order valence-electron chi connectivity index (χ4n) is 2.29. The normalized spacial score (nSPS) is 19.2. The molecule has 0 spiro atoms. The minimum Gasteiger partial charge on any atom is -0.368 e. The molecular formula is C13H13FN4O2S. The molecule has 2 aromatic rings. The standard InChI is InChI=1S/C13H13FN4O2S/c14-10-3-1-2-9(6-10)12-4-5-18(12)21(19,20)11-7-16-13(15)17-8-11/h1-3,6-8,12H,4-5H2,(H2,15,16,17). The number of nitrogens with zero attached hydrogens (tertiary/aromatic N) is 3. The maximum atomic E-state index is 13.3. The molecule has 1 fully saturated rings. The van der Waals surface area contributed by atoms with Crippen LogP contribution in [-0.4, -0.2) is 29.2 Å². The van der Waals surface area contributed by atoms with Crippen molar-refractivity contribution >= 4 is 16.0 Å². The predicted octanol–water partition coefficient (Wildman–Crippen LogP) is 1.33. The molecule has 1 saturated heterocycles. The first-order valence-electron chi connectivity index (χ1n) is 6.33. The molecule has 2 heterocycles. The van der Waals surface area contributed by atoms with Crippen LogP contribution in [0.2, 0.25) is 0 Å². The summed E-state index contributed by atoms with van der Waals surface area (Å²) in [6.45, 7) is 0.383. The van der Waals surface area contributed by atoms with E-state index in [-0.39, 0.29) is 22.7 Å². The molecule has 6 nitrogen and oxygen atoms in total. The summed E-state index contributed by atoms with van der Waals surface area (Å²) >= 11 is 0. The fraction of sp³-hybridized carbons (Fsp3) is 0.231. The van der Waals surface area contributed by atoms with Crippen LogP contribution in [0.15, 0.2) is 41.6 Å². The first kappa shape index (κ1) is 13.9. The molecule has 8 heteroatoms. The van der Waals surface area contributed by atoms with E-state index in [4.69, 9.17) is 5.73 Å². The maximum Gasteiger partial charge on any atom is 0.246 e. The van der Waals surface area contributed by atoms with Crippen molar-refractivity contribution in [2.45, 2.75) is 17.4 Å². The molecule has 1 atom stereocenters. The number of rotatable bonds is 3. The van der Waals surface area contributed by atoms with Crippen molar-refractivity contribution in [2.24, 2.45) is 0 Å². The molecule has 21 heavy (non-hydrogen) atoms. The number of sulfonamides is 1. The zero-order valence-electron chi connectivity index (χ0n) is 11.0. The molecule has 1 aromatic carbocycles. The largest absolute Gasteiger partial charge is 0.368 e. The minimum atomic E-state index is -3.70. The highest BCUT2D eigenvalue weighted by Crippen LogP contribution is 2.37. The van der Waals surface area contributed by atoms with E-state index in [1.54, 1.807) is 12.1 Å². The predicted molar refractivity (Wildman–Crippen MR) is 74.1 cm³/mol. The number of anilines is 1. The van der Waals surface area contributed by atoms with Gasteiger partial charge in [-0.2, -0.15) is 4.31 Å². The molecular weight excluding hydrogens is 295 g/mol. The van der Waals surface area contributed by atoms with Crippen LogP contribution in [0.5, 0.6) is 0 Å². The topological polar surface area (TPSA) is 89.2 Å². The monoisotopic (exact) mass is 308 g/mol. The van der Waals surface area contributed by atoms with Crippen molar-refractivity contribution in [1.82, 2.24) is 14.3 Å². The van der Waals surface area contributed by atoms with Crippen LogP contribution in [0, 0.1) is 5.82 Å². The summed E-state index contributed by atoms with van der Waals surface area (Å²) in [5, 5.41) is 0. The zero-order chi connectivity index (χ0) is 15.0. The molecule has 1 aliphatic rings. The van der Waals surface area contributed by atoms with E-state index in [0.29, 0.717) is 18.5 Å². The third kappa shape index (κ3) is 2.47. The first-order valence-corrected chi connectivity index (χ1v) is 7.77. The summed E-state index contributed by atoms with van der Waals surface area (Å²) in [5.41, 5.74) is 6.00. The van der Waals surface area contributed by atoms with E-state index in [9.17, 15) is 12.8 Å². The SMILES string of the molecule is Nc1ncc(S(=O)(=O)N2CCC2c2cccc(F)c2)cn1. The van der Waals surface area contributed by atoms with Crippen LogP contribution in [-0.2, 0) is 10.0 Å². The first-order chi connectivity index (χ1) is 9.98. The van der Waals surface area contributed by atoms with Crippen LogP contribution in [0.4, 0.5) is 10.3 Å². The summed E-state index contributed by atoms with van der Waals surface area (Å²) in [4.78, 5) is 7.38. The van der Waals surface area contributed by atoms with Crippen molar-refractivity contribution in [3.05, 3.63) is 48.0 Å². The third-order valence-corrected chi connectivity index (χ3v) is 5.32. The number of halogens is 1. The summed E-state index contributed by atoms with van der Waals surface area (Å²) in [7, 11) is -3.70. The van der Waals surface area contributed by atoms with Gasteiger partial charge in [-0.1, -0.05) is 12.1 Å². The summed E-state index contributed by atoms with van der Waals surface area (Å²) in [6, 6.07) is 5.61. The van der Waals surface area contributed by atoms with Crippen molar-refractivity contribution in [3.8, 4) is 0 Å². The van der Waals surface area contributed by atoms with E-state index >= 15 is 0 Å². The molecule has 0 bridgehead atoms. The Morgan fingerprint density at radius 2 is 2.00 bits per heavy atom. The van der Waals surface area contributed by atoms with Crippen LogP contribution in [0.3, 0.4) is 0 Å². The zero-order valence-corrected chi connectivity index (χ0v) is 11.8. The van der Waals surface area contributed by atoms with Gasteiger partial charge < -0.3 is 5.73 Å². The average molecular weight is 308 g/mol. The molecule has 1 aromatic heterocycles. The van der Waals surface area contributed by atoms with Gasteiger partial charge in [-0.25, -0.2) is 22.8 Å². The quantitative estimate of drug-likeness (QED) is 0.924. The molecule has 110 valence electrons. The Morgan fingerprint density at radius 3 is 2.57 bits per heavy atom. The summed E-state index contributed by atoms with van der Waals surface area (Å²) < 4.78 is 39.6. The Kier molecular flexibility index (Phi) is 3.34. The molecule has 0 amide bonds. The van der Waals surface area contributed by atoms with E-state index in [2.05, 4.69) is 9.97 Å². The van der Waals surface area contributed by atoms with E-state index in [1.165, 1.54) is 28.8 Å². The minimum absolute atomic E-state index is 0.0132. The summed E-state index contributed by atoms with van der Waals surface area (Å²) in [6.07, 6.45) is 3.01. The molecule has 2 N–H and O–H groups in total. The number of hydrogen-bond donors (Lipinski definition) is 1. The highest BCUT2D eigenvalue weighted by Gasteiger charge is 2.39. The Balaban J connectivity index is 1.91. The molecule has 0 aliphatic carbocycles. The lowest BCUT2D eigenvalue weighted by Gasteiger charge is -2.39. The lowest BCUT2D eigenvalue weighted by molar-refractivity contribution is 0.201. The van der Waals surface area contributed by atoms with Gasteiger partial charge in [-0.15, -0.1) is 0 Å². The highest BCUT2D eigenvalue weighted by molar-refractivity contribution is 7.89. The lowest BCUT2D eigenvalue weighted by Crippen LogP contribution is -2.45. The second-order valence-electron chi connectivity index (χ2n) is 4.75. The Labute approximate surface area is 121 Å². The van der Waals surface area contributed by atoms with Gasteiger partial charge in [0.15, 0.2) is 0 Å². The second-order valence-corrected chi connectivity index (χ2v) is 6.64. The number of hydrogen-bond acceptors (Lipinski definition) is 5. The van der Waals surface area contributed by atoms with Crippen LogP contribution >= 0.6 is 0 Å². The van der Waals surface area contributed by atoms with E-state index in [1.807, 2.05) is 0 Å². The number of benzene rings is 1. The van der Waals surface area contributed by atoms with Gasteiger partial charge in [0.2, 0.25) is 16.0 Å². The number of nitrogen functional groups attached to an aromatic ring is 1. The van der Waals surface area contributed by atoms with Crippen LogP contribution in [0.25, 0.3) is 0 Å². The Morgan fingerprint density at radius 1 is 1.29 bits per heavy atom. The van der Waals surface area contributed by atoms with Crippen molar-refractivity contribution in [3.63, 3.8) is 0 Å². The van der Waals surface area contributed by atoms with Gasteiger partial charge >= 0.3 is 0 Å². The van der Waals surface area contributed by atoms with Gasteiger partial charge in [-0.3, -0.25) is 0 Å². The summed E-state index contributed by atoms with van der Waals surface area (Å²) in [5.74, 6) is -0.369. The average Bonchev–Trinajstić information content (AvgIpc) is 2.37. The van der Waals surface area contributed by atoms with E-state index < -0.39 is 10.0 Å². The van der Waals surface area contributed by atoms with Crippen molar-refractivity contribution in [2.75, 3.05) is 12.3 Å². The molecule has 1 aliphatic heterocycles. The van der Waals surface area contributed by atoms with E-state index in [0.717, 1.165) is 0 Å². The van der Waals surface area contributed by atoms with Crippen molar-refractivity contribution in [1.29, 1.82) is 0 Å². The van der Waals surface area contributed by atoms with Crippen LogP contribution < -0.4 is 5.73 Å². The molecule has 3 rings (SSSR count). The maximum absolute atomic E-state index is 13.3. The molecule has 1 unspecified atom stereocenters. The van der Waals surface area contributed by atoms with Gasteiger partial charge in [0.1, 0.15) is 10.7 Å². The van der Waals surface area contributed by atoms with Crippen LogP contribution in [0.1, 0.15) is 18.0 Å². The van der Waals surface area contributed by atoms with Gasteiger partial charge in [-0.05, 0) is 24.1 Å². The second kappa shape index (κ2) is 5.05. The van der Waals surface area contributed by atoms with Crippen molar-refractivity contribution < 1.29 is 12.8 Å². The number of nitrogens with two attached hydrogens (primary N) is 1. The fourth-order valence-corrected chi connectivity index (χ4v) is 3.84. The number of aromatic nitrogens is 2. The van der Waals surface area contributed by atoms with Gasteiger partial charge in [0.05, 0.1) is 18.4 Å². The Bertz CT molecular complexity index is 764. The highest BCUT2D eigenvalue weighted by atomic mass is 32.2. The Hall–Kier alpha value is -2.06. The third-order valence-electron chi connectivity index (χ3n) is 3.46. The smallest absolute Gasteiger partial charge is 0.246 e. The van der Waals surface area contributed by atoms with Gasteiger partial charge in [0, 0.05) is 6.54 Å².